The van der Waals surface area contributed by atoms with Crippen LogP contribution < -0.4 is 5.32 Å². The average Bonchev–Trinajstić information content (AvgIpc) is 2.76. The number of alkyl halides is 4. The second-order valence-corrected chi connectivity index (χ2v) is 3.33. The highest BCUT2D eigenvalue weighted by atomic mass is 19.3. The summed E-state index contributed by atoms with van der Waals surface area (Å²) in [5, 5.41) is 1.76. The molecule has 1 heterocycles. The smallest absolute Gasteiger partial charge is 0.351 e. The van der Waals surface area contributed by atoms with E-state index in [1.54, 1.807) is 22.3 Å². The van der Waals surface area contributed by atoms with Gasteiger partial charge in [0.25, 0.3) is 5.91 Å². The van der Waals surface area contributed by atoms with Crippen LogP contribution in [0.3, 0.4) is 0 Å². The molecule has 1 aromatic rings. The Morgan fingerprint density at radius 3 is 2.71 bits per heavy atom. The van der Waals surface area contributed by atoms with Crippen LogP contribution in [-0.2, 0) is 11.3 Å². The number of aromatic nitrogens is 2. The van der Waals surface area contributed by atoms with E-state index in [4.69, 9.17) is 0 Å². The molecule has 0 spiro atoms. The fourth-order valence-corrected chi connectivity index (χ4v) is 1.10. The monoisotopic (exact) mass is 253 g/mol. The quantitative estimate of drug-likeness (QED) is 0.613. The number of nitrogens with one attached hydrogen (secondary N) is 1. The van der Waals surface area contributed by atoms with Gasteiger partial charge >= 0.3 is 12.3 Å². The Morgan fingerprint density at radius 1 is 1.47 bits per heavy atom. The van der Waals surface area contributed by atoms with E-state index in [0.717, 1.165) is 0 Å². The first-order chi connectivity index (χ1) is 7.94. The van der Waals surface area contributed by atoms with E-state index >= 15 is 0 Å². The lowest BCUT2D eigenvalue weighted by molar-refractivity contribution is -0.169. The summed E-state index contributed by atoms with van der Waals surface area (Å²) in [4.78, 5) is 14.5. The van der Waals surface area contributed by atoms with Crippen molar-refractivity contribution in [2.24, 2.45) is 0 Å². The van der Waals surface area contributed by atoms with Crippen molar-refractivity contribution in [2.45, 2.75) is 25.3 Å². The van der Waals surface area contributed by atoms with Gasteiger partial charge in [-0.3, -0.25) is 4.79 Å². The van der Waals surface area contributed by atoms with Crippen molar-refractivity contribution in [2.75, 3.05) is 6.54 Å². The van der Waals surface area contributed by atoms with Gasteiger partial charge in [-0.2, -0.15) is 8.78 Å². The first-order valence-corrected chi connectivity index (χ1v) is 4.84. The van der Waals surface area contributed by atoms with Crippen LogP contribution >= 0.6 is 0 Å². The third-order valence-electron chi connectivity index (χ3n) is 2.01. The summed E-state index contributed by atoms with van der Waals surface area (Å²) >= 11 is 0. The molecule has 96 valence electrons. The average molecular weight is 253 g/mol. The summed E-state index contributed by atoms with van der Waals surface area (Å²) in [6.45, 7) is 0.361. The standard InChI is InChI=1S/C9H11F4N3O/c10-7(11)9(12,13)8(17)15-2-1-4-16-5-3-14-6-16/h3,5-7H,1-2,4H2,(H,15,17). The van der Waals surface area contributed by atoms with Crippen LogP contribution in [0.25, 0.3) is 0 Å². The molecule has 0 radical (unpaired) electrons. The first-order valence-electron chi connectivity index (χ1n) is 4.84. The highest BCUT2D eigenvalue weighted by molar-refractivity contribution is 5.83. The SMILES string of the molecule is O=C(NCCCn1ccnc1)C(F)(F)C(F)F. The van der Waals surface area contributed by atoms with Crippen LogP contribution in [0, 0.1) is 0 Å². The van der Waals surface area contributed by atoms with Crippen LogP contribution in [-0.4, -0.2) is 34.4 Å². The number of amides is 1. The van der Waals surface area contributed by atoms with E-state index in [0.29, 0.717) is 13.0 Å². The predicted octanol–water partition coefficient (Wildman–Crippen LogP) is 1.29. The van der Waals surface area contributed by atoms with Crippen molar-refractivity contribution in [3.63, 3.8) is 0 Å². The summed E-state index contributed by atoms with van der Waals surface area (Å²) in [5.41, 5.74) is 0. The third kappa shape index (κ3) is 3.72. The molecule has 0 unspecified atom stereocenters. The number of halogens is 4. The summed E-state index contributed by atoms with van der Waals surface area (Å²) in [5.74, 6) is -6.58. The Hall–Kier alpha value is -1.60. The topological polar surface area (TPSA) is 46.9 Å². The number of aryl methyl sites for hydroxylation is 1. The highest BCUT2D eigenvalue weighted by Crippen LogP contribution is 2.22. The minimum atomic E-state index is -4.63. The van der Waals surface area contributed by atoms with Gasteiger partial charge in [0, 0.05) is 25.5 Å². The Kier molecular flexibility index (Phi) is 4.47. The lowest BCUT2D eigenvalue weighted by atomic mass is 10.3. The van der Waals surface area contributed by atoms with Gasteiger partial charge in [-0.15, -0.1) is 0 Å². The number of hydrogen-bond acceptors (Lipinski definition) is 2. The summed E-state index contributed by atoms with van der Waals surface area (Å²) in [7, 11) is 0. The van der Waals surface area contributed by atoms with Crippen molar-refractivity contribution < 1.29 is 22.4 Å². The minimum Gasteiger partial charge on any atom is -0.351 e. The number of carbonyl (C=O) groups excluding carboxylic acids is 1. The van der Waals surface area contributed by atoms with Crippen LogP contribution in [0.1, 0.15) is 6.42 Å². The first kappa shape index (κ1) is 13.5. The van der Waals surface area contributed by atoms with Crippen LogP contribution in [0.15, 0.2) is 18.7 Å². The number of rotatable bonds is 6. The second kappa shape index (κ2) is 5.65. The molecular weight excluding hydrogens is 242 g/mol. The Bertz CT molecular complexity index is 353. The van der Waals surface area contributed by atoms with Crippen LogP contribution in [0.2, 0.25) is 0 Å². The summed E-state index contributed by atoms with van der Waals surface area (Å²) in [6.07, 6.45) is 1.09. The van der Waals surface area contributed by atoms with Gasteiger partial charge in [0.2, 0.25) is 0 Å². The van der Waals surface area contributed by atoms with Crippen LogP contribution in [0.5, 0.6) is 0 Å². The molecular formula is C9H11F4N3O. The van der Waals surface area contributed by atoms with E-state index in [-0.39, 0.29) is 6.54 Å². The molecule has 0 aliphatic rings. The van der Waals surface area contributed by atoms with Crippen molar-refractivity contribution in [3.05, 3.63) is 18.7 Å². The second-order valence-electron chi connectivity index (χ2n) is 3.33. The molecule has 1 amide bonds. The van der Waals surface area contributed by atoms with Gasteiger partial charge in [-0.25, -0.2) is 13.8 Å². The molecule has 0 aliphatic heterocycles. The molecule has 1 aromatic heterocycles. The molecule has 8 heteroatoms. The molecule has 0 atom stereocenters. The number of nitrogens with zero attached hydrogens (tertiary/aromatic N) is 2. The van der Waals surface area contributed by atoms with Gasteiger partial charge in [0.1, 0.15) is 0 Å². The molecule has 1 N–H and O–H groups in total. The van der Waals surface area contributed by atoms with Crippen LogP contribution in [0.4, 0.5) is 17.6 Å². The Balaban J connectivity index is 2.25. The lowest BCUT2D eigenvalue weighted by Crippen LogP contribution is -2.45. The molecule has 1 rings (SSSR count). The van der Waals surface area contributed by atoms with Gasteiger partial charge in [0.15, 0.2) is 0 Å². The molecule has 0 aromatic carbocycles. The summed E-state index contributed by atoms with van der Waals surface area (Å²) < 4.78 is 50.1. The normalized spacial score (nSPS) is 11.8. The summed E-state index contributed by atoms with van der Waals surface area (Å²) in [6, 6.07) is 0. The number of hydrogen-bond donors (Lipinski definition) is 1. The van der Waals surface area contributed by atoms with Gasteiger partial charge in [0.05, 0.1) is 6.33 Å². The van der Waals surface area contributed by atoms with E-state index in [2.05, 4.69) is 4.98 Å². The van der Waals surface area contributed by atoms with E-state index in [1.165, 1.54) is 6.33 Å². The number of carbonyl (C=O) groups is 1. The van der Waals surface area contributed by atoms with Gasteiger partial charge in [-0.1, -0.05) is 0 Å². The van der Waals surface area contributed by atoms with Crippen molar-refractivity contribution >= 4 is 5.91 Å². The molecule has 4 nitrogen and oxygen atoms in total. The molecule has 17 heavy (non-hydrogen) atoms. The zero-order valence-corrected chi connectivity index (χ0v) is 8.75. The van der Waals surface area contributed by atoms with Crippen molar-refractivity contribution in [1.82, 2.24) is 14.9 Å². The maximum Gasteiger partial charge on any atom is 0.383 e. The third-order valence-corrected chi connectivity index (χ3v) is 2.01. The zero-order valence-electron chi connectivity index (χ0n) is 8.75. The maximum atomic E-state index is 12.5. The van der Waals surface area contributed by atoms with Gasteiger partial charge in [-0.05, 0) is 6.42 Å². The molecule has 0 aliphatic carbocycles. The zero-order chi connectivity index (χ0) is 12.9. The molecule has 0 bridgehead atoms. The molecule has 0 saturated carbocycles. The van der Waals surface area contributed by atoms with E-state index < -0.39 is 18.3 Å². The Morgan fingerprint density at radius 2 is 2.18 bits per heavy atom. The fourth-order valence-electron chi connectivity index (χ4n) is 1.10. The highest BCUT2D eigenvalue weighted by Gasteiger charge is 2.48. The van der Waals surface area contributed by atoms with Gasteiger partial charge < -0.3 is 9.88 Å². The molecule has 0 saturated heterocycles. The maximum absolute atomic E-state index is 12.5. The minimum absolute atomic E-state index is 0.0979. The predicted molar refractivity (Wildman–Crippen MR) is 50.8 cm³/mol. The van der Waals surface area contributed by atoms with E-state index in [9.17, 15) is 22.4 Å². The van der Waals surface area contributed by atoms with Crippen molar-refractivity contribution in [1.29, 1.82) is 0 Å². The lowest BCUT2D eigenvalue weighted by Gasteiger charge is -2.14. The fraction of sp³-hybridized carbons (Fsp3) is 0.556. The van der Waals surface area contributed by atoms with Crippen molar-refractivity contribution in [3.8, 4) is 0 Å². The van der Waals surface area contributed by atoms with E-state index in [1.807, 2.05) is 0 Å². The molecule has 0 fully saturated rings. The largest absolute Gasteiger partial charge is 0.383 e. The Labute approximate surface area is 94.6 Å². The number of imidazole rings is 1.